The number of carbonyl (C=O) groups excluding carboxylic acids is 1. The van der Waals surface area contributed by atoms with Gasteiger partial charge in [0.05, 0.1) is 5.25 Å². The molecule has 0 saturated heterocycles. The van der Waals surface area contributed by atoms with Gasteiger partial charge in [-0.25, -0.2) is 0 Å². The molecule has 1 N–H and O–H groups in total. The van der Waals surface area contributed by atoms with Crippen molar-refractivity contribution in [1.82, 2.24) is 20.1 Å². The van der Waals surface area contributed by atoms with Gasteiger partial charge in [-0.3, -0.25) is 9.36 Å². The zero-order valence-corrected chi connectivity index (χ0v) is 20.2. The Balaban J connectivity index is 1.69. The highest BCUT2D eigenvalue weighted by molar-refractivity contribution is 8.00. The highest BCUT2D eigenvalue weighted by Gasteiger charge is 2.21. The van der Waals surface area contributed by atoms with Crippen molar-refractivity contribution in [3.8, 4) is 11.4 Å². The van der Waals surface area contributed by atoms with Crippen molar-refractivity contribution in [2.24, 2.45) is 0 Å². The van der Waals surface area contributed by atoms with Gasteiger partial charge in [-0.05, 0) is 35.8 Å². The molecule has 5 nitrogen and oxygen atoms in total. The lowest BCUT2D eigenvalue weighted by Crippen LogP contribution is -2.32. The summed E-state index contributed by atoms with van der Waals surface area (Å²) in [5, 5.41) is 14.3. The summed E-state index contributed by atoms with van der Waals surface area (Å²) in [4.78, 5) is 13.8. The minimum absolute atomic E-state index is 0.00536. The van der Waals surface area contributed by atoms with Crippen LogP contribution in [-0.4, -0.2) is 32.5 Å². The molecule has 0 unspecified atom stereocenters. The standard InChI is InChI=1S/C24H30N4OS2/c1-6-15-28-21(18-9-11-19(12-10-18)24(3,4)5)26-27-23(28)31-17(2)22(29)25-14-13-20-8-7-16-30-20/h6-12,16-17H,1,13-15H2,2-5H3,(H,25,29)/t17-/m0/s1. The van der Waals surface area contributed by atoms with Crippen LogP contribution in [0.4, 0.5) is 0 Å². The van der Waals surface area contributed by atoms with Gasteiger partial charge in [-0.1, -0.05) is 68.9 Å². The summed E-state index contributed by atoms with van der Waals surface area (Å²) < 4.78 is 2.01. The Morgan fingerprint density at radius 2 is 2.00 bits per heavy atom. The van der Waals surface area contributed by atoms with Crippen molar-refractivity contribution in [3.63, 3.8) is 0 Å². The van der Waals surface area contributed by atoms with E-state index in [9.17, 15) is 4.79 Å². The van der Waals surface area contributed by atoms with Crippen LogP contribution in [0.25, 0.3) is 11.4 Å². The number of nitrogens with zero attached hydrogens (tertiary/aromatic N) is 3. The van der Waals surface area contributed by atoms with Gasteiger partial charge in [0.15, 0.2) is 11.0 Å². The van der Waals surface area contributed by atoms with Crippen LogP contribution >= 0.6 is 23.1 Å². The minimum atomic E-state index is -0.271. The second kappa shape index (κ2) is 10.3. The molecule has 2 heterocycles. The molecule has 3 rings (SSSR count). The number of allylic oxidation sites excluding steroid dienone is 1. The molecule has 31 heavy (non-hydrogen) atoms. The van der Waals surface area contributed by atoms with Crippen LogP contribution in [0.5, 0.6) is 0 Å². The number of amides is 1. The molecule has 2 aromatic heterocycles. The third kappa shape index (κ3) is 6.08. The normalized spacial score (nSPS) is 12.5. The molecule has 1 atom stereocenters. The maximum Gasteiger partial charge on any atom is 0.233 e. The van der Waals surface area contributed by atoms with Crippen LogP contribution in [0.15, 0.2) is 59.6 Å². The average Bonchev–Trinajstić information content (AvgIpc) is 3.38. The van der Waals surface area contributed by atoms with E-state index in [0.717, 1.165) is 23.0 Å². The zero-order chi connectivity index (χ0) is 22.4. The van der Waals surface area contributed by atoms with E-state index in [1.165, 1.54) is 22.2 Å². The van der Waals surface area contributed by atoms with Gasteiger partial charge in [-0.15, -0.1) is 28.1 Å². The Bertz CT molecular complexity index is 1000. The Hall–Kier alpha value is -2.38. The van der Waals surface area contributed by atoms with Gasteiger partial charge in [-0.2, -0.15) is 0 Å². The summed E-state index contributed by atoms with van der Waals surface area (Å²) in [6.07, 6.45) is 2.67. The molecule has 0 fully saturated rings. The van der Waals surface area contributed by atoms with Gasteiger partial charge in [0, 0.05) is 23.5 Å². The fourth-order valence-corrected chi connectivity index (χ4v) is 4.71. The van der Waals surface area contributed by atoms with Gasteiger partial charge in [0.2, 0.25) is 5.91 Å². The summed E-state index contributed by atoms with van der Waals surface area (Å²) in [5.74, 6) is 0.791. The van der Waals surface area contributed by atoms with Crippen LogP contribution < -0.4 is 5.32 Å². The molecular formula is C24H30N4OS2. The molecule has 0 bridgehead atoms. The van der Waals surface area contributed by atoms with E-state index < -0.39 is 0 Å². The summed E-state index contributed by atoms with van der Waals surface area (Å²) >= 11 is 3.13. The predicted octanol–water partition coefficient (Wildman–Crippen LogP) is 5.33. The van der Waals surface area contributed by atoms with Crippen molar-refractivity contribution in [2.45, 2.75) is 56.5 Å². The van der Waals surface area contributed by atoms with Gasteiger partial charge >= 0.3 is 0 Å². The van der Waals surface area contributed by atoms with Crippen molar-refractivity contribution in [3.05, 3.63) is 64.9 Å². The molecule has 164 valence electrons. The van der Waals surface area contributed by atoms with Crippen molar-refractivity contribution >= 4 is 29.0 Å². The highest BCUT2D eigenvalue weighted by atomic mass is 32.2. The van der Waals surface area contributed by atoms with Crippen molar-refractivity contribution in [2.75, 3.05) is 6.54 Å². The minimum Gasteiger partial charge on any atom is -0.355 e. The first-order chi connectivity index (χ1) is 14.8. The smallest absolute Gasteiger partial charge is 0.233 e. The van der Waals surface area contributed by atoms with Crippen molar-refractivity contribution < 1.29 is 4.79 Å². The number of nitrogens with one attached hydrogen (secondary N) is 1. The van der Waals surface area contributed by atoms with E-state index in [1.807, 2.05) is 23.6 Å². The number of hydrogen-bond acceptors (Lipinski definition) is 5. The Morgan fingerprint density at radius 3 is 2.61 bits per heavy atom. The first kappa shape index (κ1) is 23.3. The molecule has 0 aliphatic carbocycles. The SMILES string of the molecule is C=CCn1c(S[C@@H](C)C(=O)NCCc2cccs2)nnc1-c1ccc(C(C)(C)C)cc1. The molecule has 0 radical (unpaired) electrons. The summed E-state index contributed by atoms with van der Waals surface area (Å²) in [7, 11) is 0. The summed E-state index contributed by atoms with van der Waals surface area (Å²) in [6.45, 7) is 13.6. The third-order valence-electron chi connectivity index (χ3n) is 4.94. The fraction of sp³-hybridized carbons (Fsp3) is 0.375. The number of benzene rings is 1. The number of rotatable bonds is 9. The molecular weight excluding hydrogens is 424 g/mol. The first-order valence-electron chi connectivity index (χ1n) is 10.4. The molecule has 0 spiro atoms. The molecule has 0 aliphatic heterocycles. The number of hydrogen-bond donors (Lipinski definition) is 1. The fourth-order valence-electron chi connectivity index (χ4n) is 3.12. The average molecular weight is 455 g/mol. The topological polar surface area (TPSA) is 59.8 Å². The van der Waals surface area contributed by atoms with E-state index in [4.69, 9.17) is 0 Å². The van der Waals surface area contributed by atoms with Crippen LogP contribution in [0.3, 0.4) is 0 Å². The lowest BCUT2D eigenvalue weighted by atomic mass is 9.87. The number of thioether (sulfide) groups is 1. The van der Waals surface area contributed by atoms with Crippen LogP contribution in [0, 0.1) is 0 Å². The van der Waals surface area contributed by atoms with E-state index in [0.29, 0.717) is 13.1 Å². The maximum atomic E-state index is 12.5. The maximum absolute atomic E-state index is 12.5. The quantitative estimate of drug-likeness (QED) is 0.351. The first-order valence-corrected chi connectivity index (χ1v) is 12.2. The second-order valence-corrected chi connectivity index (χ2v) is 10.8. The lowest BCUT2D eigenvalue weighted by molar-refractivity contribution is -0.120. The second-order valence-electron chi connectivity index (χ2n) is 8.41. The molecule has 1 aromatic carbocycles. The van der Waals surface area contributed by atoms with E-state index in [2.05, 4.69) is 78.6 Å². The Morgan fingerprint density at radius 1 is 1.26 bits per heavy atom. The van der Waals surface area contributed by atoms with Crippen LogP contribution in [-0.2, 0) is 23.2 Å². The Labute approximate surface area is 193 Å². The van der Waals surface area contributed by atoms with E-state index in [1.54, 1.807) is 11.3 Å². The molecule has 7 heteroatoms. The zero-order valence-electron chi connectivity index (χ0n) is 18.6. The predicted molar refractivity (Wildman–Crippen MR) is 131 cm³/mol. The molecule has 0 saturated carbocycles. The van der Waals surface area contributed by atoms with Gasteiger partial charge in [0.1, 0.15) is 0 Å². The van der Waals surface area contributed by atoms with Crippen LogP contribution in [0.1, 0.15) is 38.1 Å². The van der Waals surface area contributed by atoms with E-state index in [-0.39, 0.29) is 16.6 Å². The van der Waals surface area contributed by atoms with Gasteiger partial charge < -0.3 is 5.32 Å². The molecule has 3 aromatic rings. The molecule has 0 aliphatic rings. The number of aromatic nitrogens is 3. The lowest BCUT2D eigenvalue weighted by Gasteiger charge is -2.19. The van der Waals surface area contributed by atoms with Crippen molar-refractivity contribution in [1.29, 1.82) is 0 Å². The largest absolute Gasteiger partial charge is 0.355 e. The highest BCUT2D eigenvalue weighted by Crippen LogP contribution is 2.29. The van der Waals surface area contributed by atoms with E-state index >= 15 is 0 Å². The third-order valence-corrected chi connectivity index (χ3v) is 6.96. The van der Waals surface area contributed by atoms with Gasteiger partial charge in [0.25, 0.3) is 0 Å². The Kier molecular flexibility index (Phi) is 7.73. The number of thiophene rings is 1. The monoisotopic (exact) mass is 454 g/mol. The molecule has 1 amide bonds. The summed E-state index contributed by atoms with van der Waals surface area (Å²) in [6, 6.07) is 12.6. The van der Waals surface area contributed by atoms with Crippen LogP contribution in [0.2, 0.25) is 0 Å². The summed E-state index contributed by atoms with van der Waals surface area (Å²) in [5.41, 5.74) is 2.37. The number of carbonyl (C=O) groups is 1.